The van der Waals surface area contributed by atoms with Gasteiger partial charge in [0.05, 0.1) is 17.2 Å². The van der Waals surface area contributed by atoms with Crippen LogP contribution in [0, 0.1) is 17.0 Å². The van der Waals surface area contributed by atoms with Crippen LogP contribution in [0.5, 0.6) is 0 Å². The van der Waals surface area contributed by atoms with Gasteiger partial charge in [-0.3, -0.25) is 15.1 Å². The highest BCUT2D eigenvalue weighted by Crippen LogP contribution is 2.36. The molecule has 0 bridgehead atoms. The van der Waals surface area contributed by atoms with E-state index in [-0.39, 0.29) is 28.7 Å². The fourth-order valence-corrected chi connectivity index (χ4v) is 1.96. The fourth-order valence-electron chi connectivity index (χ4n) is 1.60. The Morgan fingerprint density at radius 3 is 2.60 bits per heavy atom. The van der Waals surface area contributed by atoms with E-state index in [0.717, 1.165) is 5.01 Å². The highest BCUT2D eigenvalue weighted by atomic mass is 35.5. The molecule has 1 rings (SSSR count). The number of carbonyl (C=O) groups is 1. The Morgan fingerprint density at radius 1 is 1.55 bits per heavy atom. The zero-order chi connectivity index (χ0) is 15.4. The second-order valence-corrected chi connectivity index (χ2v) is 4.20. The summed E-state index contributed by atoms with van der Waals surface area (Å²) in [5.74, 6) is 4.80. The predicted molar refractivity (Wildman–Crippen MR) is 73.8 cm³/mol. The molecule has 2 N–H and O–H groups in total. The summed E-state index contributed by atoms with van der Waals surface area (Å²) in [5, 5.41) is 11.9. The van der Waals surface area contributed by atoms with Gasteiger partial charge in [-0.25, -0.2) is 15.6 Å². The molecule has 0 unspecified atom stereocenters. The molecule has 0 spiro atoms. The van der Waals surface area contributed by atoms with Gasteiger partial charge in [-0.15, -0.1) is 0 Å². The number of hydrogen-bond donors (Lipinski definition) is 1. The number of pyridine rings is 1. The van der Waals surface area contributed by atoms with E-state index in [4.69, 9.17) is 22.2 Å². The summed E-state index contributed by atoms with van der Waals surface area (Å²) in [6.07, 6.45) is 0. The van der Waals surface area contributed by atoms with Crippen molar-refractivity contribution in [2.75, 3.05) is 18.2 Å². The van der Waals surface area contributed by atoms with Gasteiger partial charge in [0.1, 0.15) is 10.6 Å². The molecule has 0 saturated heterocycles. The molecule has 0 aliphatic heterocycles. The van der Waals surface area contributed by atoms with E-state index < -0.39 is 16.6 Å². The molecule has 20 heavy (non-hydrogen) atoms. The van der Waals surface area contributed by atoms with Crippen LogP contribution in [0.15, 0.2) is 0 Å². The van der Waals surface area contributed by atoms with Crippen molar-refractivity contribution < 1.29 is 14.5 Å². The lowest BCUT2D eigenvalue weighted by molar-refractivity contribution is -0.384. The van der Waals surface area contributed by atoms with Crippen molar-refractivity contribution in [1.82, 2.24) is 4.98 Å². The molecule has 1 aromatic rings. The molecule has 9 heteroatoms. The first-order chi connectivity index (χ1) is 9.34. The minimum Gasteiger partial charge on any atom is -0.462 e. The van der Waals surface area contributed by atoms with E-state index in [0.29, 0.717) is 6.54 Å². The summed E-state index contributed by atoms with van der Waals surface area (Å²) in [6.45, 7) is 5.25. The van der Waals surface area contributed by atoms with Crippen molar-refractivity contribution >= 4 is 29.1 Å². The lowest BCUT2D eigenvalue weighted by Gasteiger charge is -2.17. The van der Waals surface area contributed by atoms with E-state index in [1.54, 1.807) is 13.8 Å². The van der Waals surface area contributed by atoms with E-state index in [1.807, 2.05) is 0 Å². The van der Waals surface area contributed by atoms with E-state index >= 15 is 0 Å². The van der Waals surface area contributed by atoms with Crippen molar-refractivity contribution in [3.8, 4) is 0 Å². The van der Waals surface area contributed by atoms with Gasteiger partial charge in [0.2, 0.25) is 5.82 Å². The zero-order valence-electron chi connectivity index (χ0n) is 11.3. The zero-order valence-corrected chi connectivity index (χ0v) is 12.1. The molecule has 0 aromatic carbocycles. The maximum atomic E-state index is 11.8. The number of esters is 1. The topological polar surface area (TPSA) is 112 Å². The highest BCUT2D eigenvalue weighted by Gasteiger charge is 2.31. The van der Waals surface area contributed by atoms with Gasteiger partial charge in [-0.05, 0) is 20.8 Å². The molecule has 0 fully saturated rings. The van der Waals surface area contributed by atoms with Gasteiger partial charge >= 0.3 is 11.7 Å². The minimum atomic E-state index is -0.753. The smallest absolute Gasteiger partial charge is 0.341 e. The Morgan fingerprint density at radius 2 is 2.15 bits per heavy atom. The van der Waals surface area contributed by atoms with Crippen molar-refractivity contribution in [2.45, 2.75) is 20.8 Å². The number of hydrogen-bond acceptors (Lipinski definition) is 7. The number of aryl methyl sites for hydroxylation is 1. The highest BCUT2D eigenvalue weighted by molar-refractivity contribution is 6.36. The number of nitrogens with two attached hydrogens (primary N) is 1. The first-order valence-corrected chi connectivity index (χ1v) is 6.26. The van der Waals surface area contributed by atoms with Gasteiger partial charge in [-0.1, -0.05) is 11.6 Å². The minimum absolute atomic E-state index is 0.0898. The van der Waals surface area contributed by atoms with Crippen LogP contribution in [0.3, 0.4) is 0 Å². The number of ether oxygens (including phenoxy) is 1. The van der Waals surface area contributed by atoms with Gasteiger partial charge < -0.3 is 4.74 Å². The average molecular weight is 303 g/mol. The van der Waals surface area contributed by atoms with Crippen molar-refractivity contribution in [3.63, 3.8) is 0 Å². The van der Waals surface area contributed by atoms with E-state index in [2.05, 4.69) is 4.98 Å². The molecule has 0 aliphatic rings. The van der Waals surface area contributed by atoms with Crippen LogP contribution < -0.4 is 10.9 Å². The maximum Gasteiger partial charge on any atom is 0.341 e. The molecule has 1 heterocycles. The molecular formula is C11H15ClN4O4. The quantitative estimate of drug-likeness (QED) is 0.382. The van der Waals surface area contributed by atoms with Crippen LogP contribution in [-0.2, 0) is 4.74 Å². The normalized spacial score (nSPS) is 10.2. The molecule has 0 atom stereocenters. The predicted octanol–water partition coefficient (Wildman–Crippen LogP) is 1.83. The Balaban J connectivity index is 3.56. The van der Waals surface area contributed by atoms with Crippen molar-refractivity contribution in [3.05, 3.63) is 26.4 Å². The average Bonchev–Trinajstić information content (AvgIpc) is 2.36. The van der Waals surface area contributed by atoms with Crippen molar-refractivity contribution in [2.24, 2.45) is 5.84 Å². The Bertz CT molecular complexity index is 550. The van der Waals surface area contributed by atoms with Crippen molar-refractivity contribution in [1.29, 1.82) is 0 Å². The summed E-state index contributed by atoms with van der Waals surface area (Å²) < 4.78 is 4.82. The van der Waals surface area contributed by atoms with Crippen LogP contribution in [0.1, 0.15) is 29.9 Å². The second kappa shape index (κ2) is 6.49. The van der Waals surface area contributed by atoms with E-state index in [9.17, 15) is 14.9 Å². The lowest BCUT2D eigenvalue weighted by atomic mass is 10.1. The molecule has 1 aromatic heterocycles. The molecule has 8 nitrogen and oxygen atoms in total. The monoisotopic (exact) mass is 302 g/mol. The molecule has 0 saturated carbocycles. The summed E-state index contributed by atoms with van der Waals surface area (Å²) in [6, 6.07) is 0. The number of nitro groups is 1. The summed E-state index contributed by atoms with van der Waals surface area (Å²) in [7, 11) is 0. The first-order valence-electron chi connectivity index (χ1n) is 5.88. The largest absolute Gasteiger partial charge is 0.462 e. The second-order valence-electron chi connectivity index (χ2n) is 3.82. The van der Waals surface area contributed by atoms with Crippen LogP contribution in [0.2, 0.25) is 5.02 Å². The number of hydrazine groups is 1. The molecule has 110 valence electrons. The summed E-state index contributed by atoms with van der Waals surface area (Å²) in [5.41, 5.74) is -0.406. The van der Waals surface area contributed by atoms with Gasteiger partial charge in [0, 0.05) is 6.54 Å². The molecule has 0 aliphatic carbocycles. The third-order valence-electron chi connectivity index (χ3n) is 2.55. The number of halogens is 1. The number of rotatable bonds is 5. The van der Waals surface area contributed by atoms with Crippen LogP contribution in [0.25, 0.3) is 0 Å². The fraction of sp³-hybridized carbons (Fsp3) is 0.455. The standard InChI is InChI=1S/C11H15ClN4O4/c1-4-15(13)10-9(16(18)19)8(12)7(6(3)14-10)11(17)20-5-2/h4-5,13H2,1-3H3. The lowest BCUT2D eigenvalue weighted by Crippen LogP contribution is -2.32. The van der Waals surface area contributed by atoms with Crippen LogP contribution >= 0.6 is 11.6 Å². The molecule has 0 amide bonds. The number of aromatic nitrogens is 1. The maximum absolute atomic E-state index is 11.8. The third kappa shape index (κ3) is 2.97. The number of carbonyl (C=O) groups excluding carboxylic acids is 1. The van der Waals surface area contributed by atoms with Crippen LogP contribution in [0.4, 0.5) is 11.5 Å². The van der Waals surface area contributed by atoms with E-state index in [1.165, 1.54) is 6.92 Å². The molecular weight excluding hydrogens is 288 g/mol. The van der Waals surface area contributed by atoms with Gasteiger partial charge in [0.15, 0.2) is 0 Å². The summed E-state index contributed by atoms with van der Waals surface area (Å²) in [4.78, 5) is 26.2. The SMILES string of the molecule is CCOC(=O)c1c(C)nc(N(N)CC)c([N+](=O)[O-])c1Cl. The first kappa shape index (κ1) is 16.1. The third-order valence-corrected chi connectivity index (χ3v) is 2.92. The number of anilines is 1. The van der Waals surface area contributed by atoms with Gasteiger partial charge in [-0.2, -0.15) is 0 Å². The Kier molecular flexibility index (Phi) is 5.23. The molecule has 0 radical (unpaired) electrons. The number of nitrogens with zero attached hydrogens (tertiary/aromatic N) is 3. The Hall–Kier alpha value is -1.93. The van der Waals surface area contributed by atoms with Gasteiger partial charge in [0.25, 0.3) is 0 Å². The van der Waals surface area contributed by atoms with Crippen LogP contribution in [-0.4, -0.2) is 29.0 Å². The Labute approximate surface area is 120 Å². The summed E-state index contributed by atoms with van der Waals surface area (Å²) >= 11 is 5.98.